The summed E-state index contributed by atoms with van der Waals surface area (Å²) in [6, 6.07) is 47.2. The first kappa shape index (κ1) is 26.3. The Labute approximate surface area is 236 Å². The number of allylic oxidation sites excluding steroid dienone is 4. The fraction of sp³-hybridized carbons (Fsp3) is 0.0556. The van der Waals surface area contributed by atoms with E-state index in [1.165, 1.54) is 0 Å². The van der Waals surface area contributed by atoms with Crippen LogP contribution in [0.1, 0.15) is 5.56 Å². The van der Waals surface area contributed by atoms with Gasteiger partial charge in [-0.3, -0.25) is 0 Å². The summed E-state index contributed by atoms with van der Waals surface area (Å²) in [6.07, 6.45) is 6.75. The molecule has 5 aromatic rings. The van der Waals surface area contributed by atoms with E-state index in [-0.39, 0.29) is 5.92 Å². The van der Waals surface area contributed by atoms with Crippen LogP contribution in [0.15, 0.2) is 164 Å². The highest BCUT2D eigenvalue weighted by atomic mass is 31.2. The molecule has 40 heavy (non-hydrogen) atoms. The lowest BCUT2D eigenvalue weighted by Crippen LogP contribution is -2.28. The second-order valence-corrected chi connectivity index (χ2v) is 15.6. The van der Waals surface area contributed by atoms with E-state index < -0.39 is 14.3 Å². The molecule has 0 N–H and O–H groups in total. The highest BCUT2D eigenvalue weighted by molar-refractivity contribution is 7.85. The molecule has 1 unspecified atom stereocenters. The lowest BCUT2D eigenvalue weighted by molar-refractivity contribution is 0.585. The van der Waals surface area contributed by atoms with Gasteiger partial charge >= 0.3 is 0 Å². The predicted molar refractivity (Wildman–Crippen MR) is 171 cm³/mol. The summed E-state index contributed by atoms with van der Waals surface area (Å²) in [5.74, 6) is -0.0904. The van der Waals surface area contributed by atoms with Crippen LogP contribution in [0.5, 0.6) is 0 Å². The molecule has 196 valence electrons. The van der Waals surface area contributed by atoms with Crippen LogP contribution in [-0.2, 0) is 9.13 Å². The molecule has 0 saturated heterocycles. The predicted octanol–water partition coefficient (Wildman–Crippen LogP) is 6.91. The quantitative estimate of drug-likeness (QED) is 0.195. The zero-order valence-corrected chi connectivity index (χ0v) is 23.9. The minimum absolute atomic E-state index is 0.0904. The molecule has 1 aliphatic carbocycles. The molecular formula is C36H30O2P2. The normalized spacial score (nSPS) is 15.1. The average Bonchev–Trinajstić information content (AvgIpc) is 3.50. The first-order chi connectivity index (χ1) is 19.6. The largest absolute Gasteiger partial charge is 0.314 e. The van der Waals surface area contributed by atoms with Crippen LogP contribution in [0.25, 0.3) is 5.57 Å². The van der Waals surface area contributed by atoms with Crippen LogP contribution < -0.4 is 26.5 Å². The maximum absolute atomic E-state index is 15.3. The van der Waals surface area contributed by atoms with Gasteiger partial charge in [0, 0.05) is 38.6 Å². The zero-order valence-electron chi connectivity index (χ0n) is 22.1. The number of benzene rings is 5. The molecular weight excluding hydrogens is 526 g/mol. The molecule has 1 aliphatic rings. The van der Waals surface area contributed by atoms with Crippen LogP contribution in [0, 0.1) is 5.92 Å². The van der Waals surface area contributed by atoms with Crippen molar-refractivity contribution in [2.24, 2.45) is 5.92 Å². The van der Waals surface area contributed by atoms with Crippen molar-refractivity contribution in [2.75, 3.05) is 6.16 Å². The molecule has 5 aromatic carbocycles. The molecule has 0 spiro atoms. The smallest absolute Gasteiger partial charge is 0.171 e. The third-order valence-corrected chi connectivity index (χ3v) is 13.9. The maximum Gasteiger partial charge on any atom is 0.171 e. The van der Waals surface area contributed by atoms with Crippen molar-refractivity contribution in [3.63, 3.8) is 0 Å². The van der Waals surface area contributed by atoms with Gasteiger partial charge in [-0.25, -0.2) is 0 Å². The molecule has 0 bridgehead atoms. The van der Waals surface area contributed by atoms with Gasteiger partial charge in [-0.2, -0.15) is 0 Å². The van der Waals surface area contributed by atoms with Crippen molar-refractivity contribution in [2.45, 2.75) is 0 Å². The summed E-state index contributed by atoms with van der Waals surface area (Å²) in [6.45, 7) is 0. The average molecular weight is 557 g/mol. The molecule has 0 amide bonds. The van der Waals surface area contributed by atoms with Crippen molar-refractivity contribution in [3.05, 3.63) is 169 Å². The van der Waals surface area contributed by atoms with Gasteiger partial charge in [0.1, 0.15) is 7.14 Å². The van der Waals surface area contributed by atoms with Gasteiger partial charge in [0.05, 0.1) is 0 Å². The Morgan fingerprint density at radius 2 is 0.925 bits per heavy atom. The fourth-order valence-electron chi connectivity index (χ4n) is 5.64. The molecule has 2 nitrogen and oxygen atoms in total. The molecule has 0 radical (unpaired) electrons. The van der Waals surface area contributed by atoms with Crippen molar-refractivity contribution < 1.29 is 9.13 Å². The van der Waals surface area contributed by atoms with Gasteiger partial charge in [-0.1, -0.05) is 164 Å². The molecule has 1 atom stereocenters. The van der Waals surface area contributed by atoms with Crippen molar-refractivity contribution in [1.82, 2.24) is 0 Å². The SMILES string of the molecule is O=P(CC1C=CC=C1c1ccccc1P(=O)(c1ccccc1)c1ccccc1)(c1ccccc1)c1ccccc1. The minimum atomic E-state index is -3.20. The van der Waals surface area contributed by atoms with E-state index >= 15 is 4.57 Å². The van der Waals surface area contributed by atoms with Gasteiger partial charge in [0.15, 0.2) is 7.14 Å². The Balaban J connectivity index is 1.47. The maximum atomic E-state index is 15.3. The zero-order chi connectivity index (χ0) is 27.4. The Morgan fingerprint density at radius 3 is 1.43 bits per heavy atom. The molecule has 0 saturated carbocycles. The highest BCUT2D eigenvalue weighted by Gasteiger charge is 2.36. The summed E-state index contributed by atoms with van der Waals surface area (Å²) in [4.78, 5) is 0. The van der Waals surface area contributed by atoms with Crippen molar-refractivity contribution in [1.29, 1.82) is 0 Å². The van der Waals surface area contributed by atoms with Crippen LogP contribution in [0.2, 0.25) is 0 Å². The third kappa shape index (κ3) is 4.79. The Morgan fingerprint density at radius 1 is 0.500 bits per heavy atom. The minimum Gasteiger partial charge on any atom is -0.314 e. The van der Waals surface area contributed by atoms with Crippen LogP contribution >= 0.6 is 14.3 Å². The Bertz CT molecular complexity index is 1670. The van der Waals surface area contributed by atoms with Gasteiger partial charge in [-0.15, -0.1) is 0 Å². The Hall–Kier alpha value is -3.96. The standard InChI is InChI=1S/C36H30O2P2/c37-39(30-17-5-1-6-18-30,31-19-7-2-8-20-31)28-29-16-15-26-34(29)35-25-13-14-27-36(35)40(38,32-21-9-3-10-22-32)33-23-11-4-12-24-33/h1-27,29H,28H2. The summed E-state index contributed by atoms with van der Waals surface area (Å²) in [7, 11) is -6.16. The summed E-state index contributed by atoms with van der Waals surface area (Å²) >= 11 is 0. The Kier molecular flexibility index (Phi) is 7.40. The van der Waals surface area contributed by atoms with Crippen molar-refractivity contribution >= 4 is 46.4 Å². The third-order valence-electron chi connectivity index (χ3n) is 7.61. The lowest BCUT2D eigenvalue weighted by atomic mass is 9.97. The van der Waals surface area contributed by atoms with E-state index in [0.717, 1.165) is 37.7 Å². The molecule has 0 aliphatic heterocycles. The van der Waals surface area contributed by atoms with Gasteiger partial charge < -0.3 is 9.13 Å². The molecule has 4 heteroatoms. The first-order valence-electron chi connectivity index (χ1n) is 13.5. The van der Waals surface area contributed by atoms with E-state index in [2.05, 4.69) is 18.2 Å². The lowest BCUT2D eigenvalue weighted by Gasteiger charge is -2.27. The van der Waals surface area contributed by atoms with Crippen molar-refractivity contribution in [3.8, 4) is 0 Å². The van der Waals surface area contributed by atoms with Gasteiger partial charge in [0.25, 0.3) is 0 Å². The van der Waals surface area contributed by atoms with Crippen LogP contribution in [0.3, 0.4) is 0 Å². The number of hydrogen-bond acceptors (Lipinski definition) is 2. The van der Waals surface area contributed by atoms with Crippen LogP contribution in [0.4, 0.5) is 0 Å². The molecule has 6 rings (SSSR count). The topological polar surface area (TPSA) is 34.1 Å². The highest BCUT2D eigenvalue weighted by Crippen LogP contribution is 2.50. The monoisotopic (exact) mass is 556 g/mol. The molecule has 0 fully saturated rings. The second-order valence-electron chi connectivity index (χ2n) is 10.0. The van der Waals surface area contributed by atoms with E-state index in [1.54, 1.807) is 0 Å². The number of hydrogen-bond donors (Lipinski definition) is 0. The summed E-state index contributed by atoms with van der Waals surface area (Å²) < 4.78 is 30.3. The van der Waals surface area contributed by atoms with Crippen LogP contribution in [-0.4, -0.2) is 6.16 Å². The van der Waals surface area contributed by atoms with Gasteiger partial charge in [-0.05, 0) is 11.1 Å². The van der Waals surface area contributed by atoms with E-state index in [0.29, 0.717) is 6.16 Å². The second kappa shape index (κ2) is 11.3. The van der Waals surface area contributed by atoms with E-state index in [1.807, 2.05) is 146 Å². The first-order valence-corrected chi connectivity index (χ1v) is 17.1. The van der Waals surface area contributed by atoms with Gasteiger partial charge in [0.2, 0.25) is 0 Å². The van der Waals surface area contributed by atoms with E-state index in [9.17, 15) is 4.57 Å². The molecule has 0 aromatic heterocycles. The summed E-state index contributed by atoms with van der Waals surface area (Å²) in [5, 5.41) is 4.12. The fourth-order valence-corrected chi connectivity index (χ4v) is 11.4. The number of rotatable bonds is 8. The molecule has 0 heterocycles. The summed E-state index contributed by atoms with van der Waals surface area (Å²) in [5.41, 5.74) is 2.00. The van der Waals surface area contributed by atoms with E-state index in [4.69, 9.17) is 0 Å².